The fourth-order valence-corrected chi connectivity index (χ4v) is 2.19. The predicted octanol–water partition coefficient (Wildman–Crippen LogP) is 2.77. The van der Waals surface area contributed by atoms with E-state index in [1.54, 1.807) is 0 Å². The van der Waals surface area contributed by atoms with Crippen molar-refractivity contribution in [1.82, 2.24) is 0 Å². The van der Waals surface area contributed by atoms with Crippen LogP contribution in [0.4, 0.5) is 5.69 Å². The molecule has 1 aromatic rings. The summed E-state index contributed by atoms with van der Waals surface area (Å²) in [6.45, 7) is 2.66. The van der Waals surface area contributed by atoms with Gasteiger partial charge in [-0.1, -0.05) is 0 Å². The van der Waals surface area contributed by atoms with E-state index >= 15 is 0 Å². The first-order valence-electron chi connectivity index (χ1n) is 5.31. The van der Waals surface area contributed by atoms with Gasteiger partial charge in [-0.2, -0.15) is 5.26 Å². The van der Waals surface area contributed by atoms with Crippen molar-refractivity contribution >= 4 is 21.6 Å². The Kier molecular flexibility index (Phi) is 3.81. The molecule has 0 saturated carbocycles. The highest BCUT2D eigenvalue weighted by atomic mass is 79.9. The summed E-state index contributed by atoms with van der Waals surface area (Å²) in [6.07, 6.45) is 1.13. The molecule has 2 rings (SSSR count). The van der Waals surface area contributed by atoms with Crippen LogP contribution in [0.5, 0.6) is 0 Å². The lowest BCUT2D eigenvalue weighted by Gasteiger charge is -2.11. The van der Waals surface area contributed by atoms with Gasteiger partial charge in [-0.3, -0.25) is 0 Å². The zero-order chi connectivity index (χ0) is 11.4. The Morgan fingerprint density at radius 3 is 3.06 bits per heavy atom. The molecule has 1 fully saturated rings. The van der Waals surface area contributed by atoms with Crippen LogP contribution < -0.4 is 5.32 Å². The highest BCUT2D eigenvalue weighted by Crippen LogP contribution is 2.21. The van der Waals surface area contributed by atoms with Gasteiger partial charge >= 0.3 is 0 Å². The molecule has 84 valence electrons. The van der Waals surface area contributed by atoms with E-state index in [1.165, 1.54) is 0 Å². The Labute approximate surface area is 104 Å². The number of nitrogens with zero attached hydrogens (tertiary/aromatic N) is 1. The van der Waals surface area contributed by atoms with Crippen molar-refractivity contribution in [3.05, 3.63) is 28.2 Å². The maximum atomic E-state index is 8.79. The minimum absolute atomic E-state index is 0.606. The summed E-state index contributed by atoms with van der Waals surface area (Å²) in [6, 6.07) is 7.81. The third-order valence-electron chi connectivity index (χ3n) is 2.71. The number of anilines is 1. The molecular formula is C12H13BrN2O. The summed E-state index contributed by atoms with van der Waals surface area (Å²) in [5.74, 6) is 0.606. The van der Waals surface area contributed by atoms with Gasteiger partial charge in [0, 0.05) is 29.2 Å². The summed E-state index contributed by atoms with van der Waals surface area (Å²) >= 11 is 3.37. The monoisotopic (exact) mass is 280 g/mol. The number of halogens is 1. The van der Waals surface area contributed by atoms with Gasteiger partial charge in [-0.05, 0) is 40.5 Å². The molecule has 1 heterocycles. The smallest absolute Gasteiger partial charge is 0.100 e. The van der Waals surface area contributed by atoms with Crippen LogP contribution in [0.25, 0.3) is 0 Å². The Bertz CT molecular complexity index is 408. The van der Waals surface area contributed by atoms with E-state index in [0.717, 1.165) is 36.3 Å². The van der Waals surface area contributed by atoms with E-state index in [2.05, 4.69) is 27.3 Å². The first kappa shape index (κ1) is 11.4. The number of rotatable bonds is 3. The van der Waals surface area contributed by atoms with E-state index in [1.807, 2.05) is 18.2 Å². The molecule has 0 spiro atoms. The summed E-state index contributed by atoms with van der Waals surface area (Å²) in [5, 5.41) is 12.2. The lowest BCUT2D eigenvalue weighted by atomic mass is 10.1. The summed E-state index contributed by atoms with van der Waals surface area (Å²) in [5.41, 5.74) is 1.70. The minimum Gasteiger partial charge on any atom is -0.385 e. The van der Waals surface area contributed by atoms with E-state index in [9.17, 15) is 0 Å². The van der Waals surface area contributed by atoms with E-state index in [0.29, 0.717) is 11.5 Å². The Morgan fingerprint density at radius 2 is 2.44 bits per heavy atom. The molecule has 1 aliphatic rings. The van der Waals surface area contributed by atoms with E-state index in [-0.39, 0.29) is 0 Å². The Hall–Kier alpha value is -1.05. The standard InChI is InChI=1S/C12H13BrN2O/c13-12-5-11(2-1-10(12)6-14)15-7-9-3-4-16-8-9/h1-2,5,9,15H,3-4,7-8H2. The third-order valence-corrected chi connectivity index (χ3v) is 3.36. The number of ether oxygens (including phenoxy) is 1. The molecule has 3 nitrogen and oxygen atoms in total. The van der Waals surface area contributed by atoms with Crippen LogP contribution in [0.1, 0.15) is 12.0 Å². The molecule has 1 N–H and O–H groups in total. The average molecular weight is 281 g/mol. The van der Waals surface area contributed by atoms with Crippen molar-refractivity contribution in [3.8, 4) is 6.07 Å². The number of hydrogen-bond acceptors (Lipinski definition) is 3. The second-order valence-corrected chi connectivity index (χ2v) is 4.77. The topological polar surface area (TPSA) is 45.0 Å². The van der Waals surface area contributed by atoms with Crippen LogP contribution in [0.2, 0.25) is 0 Å². The first-order valence-corrected chi connectivity index (χ1v) is 6.10. The van der Waals surface area contributed by atoms with Crippen LogP contribution >= 0.6 is 15.9 Å². The SMILES string of the molecule is N#Cc1ccc(NCC2CCOC2)cc1Br. The predicted molar refractivity (Wildman–Crippen MR) is 66.3 cm³/mol. The van der Waals surface area contributed by atoms with E-state index < -0.39 is 0 Å². The van der Waals surface area contributed by atoms with Crippen LogP contribution in [0.3, 0.4) is 0 Å². The van der Waals surface area contributed by atoms with Gasteiger partial charge < -0.3 is 10.1 Å². The maximum absolute atomic E-state index is 8.79. The normalized spacial score (nSPS) is 19.4. The van der Waals surface area contributed by atoms with Crippen LogP contribution in [0.15, 0.2) is 22.7 Å². The van der Waals surface area contributed by atoms with Gasteiger partial charge in [-0.25, -0.2) is 0 Å². The third kappa shape index (κ3) is 2.75. The number of hydrogen-bond donors (Lipinski definition) is 1. The molecule has 1 aliphatic heterocycles. The van der Waals surface area contributed by atoms with Gasteiger partial charge in [0.1, 0.15) is 6.07 Å². The molecule has 0 aromatic heterocycles. The molecule has 0 bridgehead atoms. The van der Waals surface area contributed by atoms with Crippen LogP contribution in [0, 0.1) is 17.2 Å². The highest BCUT2D eigenvalue weighted by Gasteiger charge is 2.14. The molecule has 1 atom stereocenters. The number of nitrogens with one attached hydrogen (secondary N) is 1. The van der Waals surface area contributed by atoms with Crippen molar-refractivity contribution in [2.24, 2.45) is 5.92 Å². The van der Waals surface area contributed by atoms with Gasteiger partial charge in [0.15, 0.2) is 0 Å². The molecule has 0 radical (unpaired) electrons. The number of benzene rings is 1. The fourth-order valence-electron chi connectivity index (χ4n) is 1.72. The molecule has 0 amide bonds. The zero-order valence-electron chi connectivity index (χ0n) is 8.87. The van der Waals surface area contributed by atoms with Crippen molar-refractivity contribution in [2.45, 2.75) is 6.42 Å². The first-order chi connectivity index (χ1) is 7.79. The molecule has 1 unspecified atom stereocenters. The van der Waals surface area contributed by atoms with Gasteiger partial charge in [0.2, 0.25) is 0 Å². The fraction of sp³-hybridized carbons (Fsp3) is 0.417. The average Bonchev–Trinajstić information content (AvgIpc) is 2.79. The van der Waals surface area contributed by atoms with Crippen LogP contribution in [-0.4, -0.2) is 19.8 Å². The van der Waals surface area contributed by atoms with Crippen LogP contribution in [-0.2, 0) is 4.74 Å². The molecule has 4 heteroatoms. The minimum atomic E-state index is 0.606. The zero-order valence-corrected chi connectivity index (χ0v) is 10.5. The van der Waals surface area contributed by atoms with Crippen molar-refractivity contribution in [3.63, 3.8) is 0 Å². The molecule has 16 heavy (non-hydrogen) atoms. The molecular weight excluding hydrogens is 268 g/mol. The number of nitriles is 1. The lowest BCUT2D eigenvalue weighted by molar-refractivity contribution is 0.187. The highest BCUT2D eigenvalue weighted by molar-refractivity contribution is 9.10. The largest absolute Gasteiger partial charge is 0.385 e. The molecule has 1 aromatic carbocycles. The van der Waals surface area contributed by atoms with Crippen molar-refractivity contribution in [2.75, 3.05) is 25.1 Å². The summed E-state index contributed by atoms with van der Waals surface area (Å²) in [7, 11) is 0. The lowest BCUT2D eigenvalue weighted by Crippen LogP contribution is -2.13. The maximum Gasteiger partial charge on any atom is 0.100 e. The summed E-state index contributed by atoms with van der Waals surface area (Å²) in [4.78, 5) is 0. The quantitative estimate of drug-likeness (QED) is 0.926. The molecule has 1 saturated heterocycles. The molecule has 0 aliphatic carbocycles. The Balaban J connectivity index is 1.94. The van der Waals surface area contributed by atoms with Crippen molar-refractivity contribution < 1.29 is 4.74 Å². The van der Waals surface area contributed by atoms with E-state index in [4.69, 9.17) is 10.00 Å². The summed E-state index contributed by atoms with van der Waals surface area (Å²) < 4.78 is 6.15. The van der Waals surface area contributed by atoms with Gasteiger partial charge in [0.05, 0.1) is 12.2 Å². The Morgan fingerprint density at radius 1 is 1.56 bits per heavy atom. The second kappa shape index (κ2) is 5.33. The second-order valence-electron chi connectivity index (χ2n) is 3.92. The van der Waals surface area contributed by atoms with Gasteiger partial charge in [0.25, 0.3) is 0 Å². The van der Waals surface area contributed by atoms with Gasteiger partial charge in [-0.15, -0.1) is 0 Å². The van der Waals surface area contributed by atoms with Crippen molar-refractivity contribution in [1.29, 1.82) is 5.26 Å².